The van der Waals surface area contributed by atoms with E-state index >= 15 is 26.3 Å². The highest BCUT2D eigenvalue weighted by Gasteiger charge is 2.79. The van der Waals surface area contributed by atoms with Gasteiger partial charge in [0.2, 0.25) is 11.6 Å². The minimum absolute atomic E-state index is 0.119. The van der Waals surface area contributed by atoms with E-state index in [1.807, 2.05) is 0 Å². The third kappa shape index (κ3) is 5.79. The van der Waals surface area contributed by atoms with E-state index in [0.29, 0.717) is 57.1 Å². The topological polar surface area (TPSA) is 123 Å². The van der Waals surface area contributed by atoms with E-state index in [4.69, 9.17) is 48.0 Å². The first-order valence-electron chi connectivity index (χ1n) is 20.5. The molecule has 322 valence electrons. The Hall–Kier alpha value is -1.68. The zero-order valence-corrected chi connectivity index (χ0v) is 33.0. The molecule has 57 heavy (non-hydrogen) atoms. The highest BCUT2D eigenvalue weighted by atomic mass is 19.4. The second-order valence-electron chi connectivity index (χ2n) is 18.4. The van der Waals surface area contributed by atoms with E-state index in [1.54, 1.807) is 13.8 Å². The number of ether oxygens (including phenoxy) is 6. The van der Waals surface area contributed by atoms with Gasteiger partial charge >= 0.3 is 12.4 Å². The van der Waals surface area contributed by atoms with E-state index in [2.05, 4.69) is 24.2 Å². The van der Waals surface area contributed by atoms with Crippen LogP contribution in [-0.4, -0.2) is 87.5 Å². The number of aromatic nitrogens is 3. The van der Waals surface area contributed by atoms with Gasteiger partial charge in [-0.3, -0.25) is 0 Å². The van der Waals surface area contributed by atoms with Crippen LogP contribution in [0, 0.1) is 47.3 Å². The third-order valence-corrected chi connectivity index (χ3v) is 15.3. The molecule has 1 aromatic rings. The molecule has 0 N–H and O–H groups in total. The van der Waals surface area contributed by atoms with Gasteiger partial charge in [-0.15, -0.1) is 5.10 Å². The van der Waals surface area contributed by atoms with Gasteiger partial charge < -0.3 is 28.4 Å². The predicted octanol–water partition coefficient (Wildman–Crippen LogP) is 7.13. The lowest BCUT2D eigenvalue weighted by molar-refractivity contribution is -0.599. The summed E-state index contributed by atoms with van der Waals surface area (Å²) in [6, 6.07) is 0. The third-order valence-electron chi connectivity index (χ3n) is 15.3. The summed E-state index contributed by atoms with van der Waals surface area (Å²) in [5.74, 6) is -12.4. The average molecular weight is 826 g/mol. The highest BCUT2D eigenvalue weighted by molar-refractivity contribution is 5.14. The molecule has 11 rings (SSSR count). The predicted molar refractivity (Wildman–Crippen MR) is 179 cm³/mol. The summed E-state index contributed by atoms with van der Waals surface area (Å²) in [5.41, 5.74) is -2.16. The molecule has 10 fully saturated rings. The second kappa shape index (κ2) is 13.4. The molecule has 10 aliphatic rings. The lowest BCUT2D eigenvalue weighted by atomic mass is 9.57. The Labute approximate surface area is 326 Å². The molecule has 0 aromatic carbocycles. The smallest absolute Gasteiger partial charge is 0.342 e. The fraction of sp³-hybridized carbons (Fsp3) is 0.947. The fourth-order valence-corrected chi connectivity index (χ4v) is 12.2. The molecule has 16 atom stereocenters. The minimum Gasteiger partial charge on any atom is -0.342 e. The molecule has 8 saturated heterocycles. The number of hydrogen-bond acceptors (Lipinski definition) is 12. The molecule has 2 saturated carbocycles. The van der Waals surface area contributed by atoms with E-state index in [-0.39, 0.29) is 36.6 Å². The van der Waals surface area contributed by atoms with Gasteiger partial charge in [0.05, 0.1) is 31.6 Å². The highest BCUT2D eigenvalue weighted by Crippen LogP contribution is 2.66. The summed E-state index contributed by atoms with van der Waals surface area (Å²) >= 11 is 0. The van der Waals surface area contributed by atoms with Crippen molar-refractivity contribution in [3.05, 3.63) is 11.9 Å². The van der Waals surface area contributed by atoms with Crippen molar-refractivity contribution in [1.82, 2.24) is 15.0 Å². The first-order valence-corrected chi connectivity index (χ1v) is 20.5. The number of fused-ring (bicyclic) bond motifs is 4. The fourth-order valence-electron chi connectivity index (χ4n) is 12.2. The van der Waals surface area contributed by atoms with Crippen LogP contribution in [0.4, 0.5) is 26.3 Å². The summed E-state index contributed by atoms with van der Waals surface area (Å²) in [7, 11) is 0. The lowest BCUT2D eigenvalue weighted by Crippen LogP contribution is -2.76. The van der Waals surface area contributed by atoms with Gasteiger partial charge in [0.15, 0.2) is 23.8 Å². The second-order valence-corrected chi connectivity index (χ2v) is 18.4. The Morgan fingerprint density at radius 3 is 1.60 bits per heavy atom. The Balaban J connectivity index is 0.913. The van der Waals surface area contributed by atoms with Gasteiger partial charge in [0.25, 0.3) is 11.6 Å². The molecule has 8 aliphatic heterocycles. The maximum atomic E-state index is 15.3. The van der Waals surface area contributed by atoms with E-state index in [9.17, 15) is 0 Å². The molecule has 0 unspecified atom stereocenters. The molecule has 19 heteroatoms. The zero-order chi connectivity index (χ0) is 40.6. The summed E-state index contributed by atoms with van der Waals surface area (Å²) in [4.78, 5) is 23.6. The maximum absolute atomic E-state index is 15.3. The standard InChI is InChI=1S/C38H53F6N3O10/c1-20-7-9-27-22(3)35(37(39,40)41,52-29-33(27)25(20)11-14-31(5,50-29)54-56-33)48-17-13-24-19-45-46-47(24)16-18-49-36(38(42,43)44)23(4)28-10-8-21(2)26-12-15-32(6)51-30(53-36)34(26,28)57-55-32/h19-23,25-30H,7-18H2,1-6H3/t20-,21-,22-,23-,25+,26+,27+,28+,29+,30+,31+,32+,33-,34-,35-,36-/m1/s1. The summed E-state index contributed by atoms with van der Waals surface area (Å²) in [6.07, 6.45) is -7.15. The maximum Gasteiger partial charge on any atom is 0.443 e. The Morgan fingerprint density at radius 1 is 0.649 bits per heavy atom. The van der Waals surface area contributed by atoms with Crippen LogP contribution in [0.2, 0.25) is 0 Å². The van der Waals surface area contributed by atoms with Crippen LogP contribution >= 0.6 is 0 Å². The van der Waals surface area contributed by atoms with E-state index < -0.39 is 96.2 Å². The Morgan fingerprint density at radius 2 is 1.12 bits per heavy atom. The van der Waals surface area contributed by atoms with Gasteiger partial charge in [-0.25, -0.2) is 24.2 Å². The number of alkyl halides is 6. The van der Waals surface area contributed by atoms with Crippen LogP contribution in [0.5, 0.6) is 0 Å². The van der Waals surface area contributed by atoms with Crippen LogP contribution < -0.4 is 0 Å². The normalized spacial score (nSPS) is 50.5. The first kappa shape index (κ1) is 40.7. The van der Waals surface area contributed by atoms with Gasteiger partial charge in [0.1, 0.15) is 0 Å². The molecule has 0 radical (unpaired) electrons. The van der Waals surface area contributed by atoms with Crippen LogP contribution in [0.15, 0.2) is 6.20 Å². The van der Waals surface area contributed by atoms with Crippen LogP contribution in [-0.2, 0) is 60.9 Å². The first-order chi connectivity index (χ1) is 26.7. The number of halogens is 6. The Kier molecular flexibility index (Phi) is 9.58. The van der Waals surface area contributed by atoms with Crippen LogP contribution in [0.3, 0.4) is 0 Å². The van der Waals surface area contributed by atoms with Gasteiger partial charge in [-0.1, -0.05) is 32.9 Å². The zero-order valence-electron chi connectivity index (χ0n) is 33.0. The molecule has 1 aromatic heterocycles. The van der Waals surface area contributed by atoms with Crippen LogP contribution in [0.1, 0.15) is 98.6 Å². The van der Waals surface area contributed by atoms with Crippen molar-refractivity contribution in [2.45, 2.75) is 165 Å². The van der Waals surface area contributed by atoms with Gasteiger partial charge in [-0.05, 0) is 76.0 Å². The minimum atomic E-state index is -4.98. The number of nitrogens with zero attached hydrogens (tertiary/aromatic N) is 3. The van der Waals surface area contributed by atoms with Crippen molar-refractivity contribution in [2.24, 2.45) is 47.3 Å². The summed E-state index contributed by atoms with van der Waals surface area (Å²) in [6.45, 7) is 9.11. The van der Waals surface area contributed by atoms with Crippen molar-refractivity contribution in [2.75, 3.05) is 13.2 Å². The van der Waals surface area contributed by atoms with E-state index in [0.717, 1.165) is 0 Å². The summed E-state index contributed by atoms with van der Waals surface area (Å²) in [5, 5.41) is 7.91. The molecule has 4 bridgehead atoms. The van der Waals surface area contributed by atoms with Crippen molar-refractivity contribution in [3.8, 4) is 0 Å². The van der Waals surface area contributed by atoms with Crippen LogP contribution in [0.25, 0.3) is 0 Å². The molecule has 9 heterocycles. The molecular formula is C38H53F6N3O10. The van der Waals surface area contributed by atoms with Gasteiger partial charge in [0, 0.05) is 42.9 Å². The molecule has 2 spiro atoms. The van der Waals surface area contributed by atoms with Crippen molar-refractivity contribution < 1.29 is 74.3 Å². The molecule has 2 aliphatic carbocycles. The molecular weight excluding hydrogens is 772 g/mol. The SMILES string of the molecule is C[C@@H]1CC[C@H]2[C@@H](C)[C@](OCCc3cnnn3CCO[C@@]3(C(F)(F)F)O[C@@H]4O[C@]5(C)CC[C@H]6[C@H](C)CC[C@@H]([C@H]3C)[C@@]46OO5)(C(F)(F)F)O[C@@H]3O[C@]4(C)CC[C@@H]1[C@]32OO4. The lowest BCUT2D eigenvalue weighted by Gasteiger charge is -2.62. The molecule has 0 amide bonds. The monoisotopic (exact) mass is 825 g/mol. The van der Waals surface area contributed by atoms with Crippen molar-refractivity contribution in [3.63, 3.8) is 0 Å². The largest absolute Gasteiger partial charge is 0.443 e. The van der Waals surface area contributed by atoms with Crippen molar-refractivity contribution in [1.29, 1.82) is 0 Å². The summed E-state index contributed by atoms with van der Waals surface area (Å²) < 4.78 is 129. The van der Waals surface area contributed by atoms with E-state index in [1.165, 1.54) is 24.7 Å². The Bertz CT molecular complexity index is 1570. The molecule has 13 nitrogen and oxygen atoms in total. The number of rotatable bonds is 8. The quantitative estimate of drug-likeness (QED) is 0.196. The average Bonchev–Trinajstić information content (AvgIpc) is 3.27. The number of hydrogen-bond donors (Lipinski definition) is 0. The van der Waals surface area contributed by atoms with Crippen molar-refractivity contribution >= 4 is 0 Å². The van der Waals surface area contributed by atoms with Gasteiger partial charge in [-0.2, -0.15) is 26.3 Å².